The molecular formula is C12H14Br2N2O. The monoisotopic (exact) mass is 360 g/mol. The molecule has 3 N–H and O–H groups in total. The second kappa shape index (κ2) is 6.00. The summed E-state index contributed by atoms with van der Waals surface area (Å²) in [6.07, 6.45) is 3.87. The van der Waals surface area contributed by atoms with E-state index < -0.39 is 0 Å². The fourth-order valence-electron chi connectivity index (χ4n) is 1.93. The zero-order chi connectivity index (χ0) is 12.3. The van der Waals surface area contributed by atoms with E-state index in [0.717, 1.165) is 34.0 Å². The molecule has 0 fully saturated rings. The lowest BCUT2D eigenvalue weighted by molar-refractivity contribution is 0.219. The SMILES string of the molecule is NNC(C1=COCCC1)c1ccc(Br)cc1Br. The van der Waals surface area contributed by atoms with E-state index >= 15 is 0 Å². The third kappa shape index (κ3) is 3.10. The molecule has 0 aromatic heterocycles. The molecule has 1 aromatic rings. The Balaban J connectivity index is 2.31. The number of ether oxygens (including phenoxy) is 1. The predicted octanol–water partition coefficient (Wildman–Crippen LogP) is 3.41. The van der Waals surface area contributed by atoms with Gasteiger partial charge in [0, 0.05) is 8.95 Å². The molecule has 0 radical (unpaired) electrons. The second-order valence-corrected chi connectivity index (χ2v) is 5.70. The molecule has 0 aliphatic carbocycles. The average molecular weight is 362 g/mol. The molecular weight excluding hydrogens is 348 g/mol. The van der Waals surface area contributed by atoms with Crippen LogP contribution in [0.3, 0.4) is 0 Å². The smallest absolute Gasteiger partial charge is 0.0876 e. The first-order chi connectivity index (χ1) is 8.22. The highest BCUT2D eigenvalue weighted by atomic mass is 79.9. The zero-order valence-corrected chi connectivity index (χ0v) is 12.4. The van der Waals surface area contributed by atoms with E-state index in [1.807, 2.05) is 24.5 Å². The maximum Gasteiger partial charge on any atom is 0.0876 e. The van der Waals surface area contributed by atoms with E-state index in [4.69, 9.17) is 10.6 Å². The molecule has 0 amide bonds. The predicted molar refractivity (Wildman–Crippen MR) is 75.2 cm³/mol. The molecule has 0 spiro atoms. The number of hydrogen-bond donors (Lipinski definition) is 2. The Morgan fingerprint density at radius 1 is 1.35 bits per heavy atom. The van der Waals surface area contributed by atoms with Crippen LogP contribution in [0, 0.1) is 0 Å². The first kappa shape index (κ1) is 13.1. The van der Waals surface area contributed by atoms with Crippen LogP contribution in [-0.2, 0) is 4.74 Å². The summed E-state index contributed by atoms with van der Waals surface area (Å²) in [4.78, 5) is 0. The Labute approximate surface area is 118 Å². The van der Waals surface area contributed by atoms with Crippen molar-refractivity contribution in [2.75, 3.05) is 6.61 Å². The van der Waals surface area contributed by atoms with Crippen LogP contribution in [0.4, 0.5) is 0 Å². The number of halogens is 2. The Hall–Kier alpha value is -0.360. The molecule has 1 heterocycles. The van der Waals surface area contributed by atoms with E-state index in [-0.39, 0.29) is 6.04 Å². The first-order valence-electron chi connectivity index (χ1n) is 5.44. The highest BCUT2D eigenvalue weighted by Gasteiger charge is 2.19. The van der Waals surface area contributed by atoms with Crippen LogP contribution in [0.15, 0.2) is 39.0 Å². The van der Waals surface area contributed by atoms with Gasteiger partial charge in [-0.05, 0) is 36.1 Å². The summed E-state index contributed by atoms with van der Waals surface area (Å²) < 4.78 is 7.44. The van der Waals surface area contributed by atoms with Crippen molar-refractivity contribution in [1.29, 1.82) is 0 Å². The van der Waals surface area contributed by atoms with Crippen LogP contribution in [-0.4, -0.2) is 6.61 Å². The van der Waals surface area contributed by atoms with Crippen LogP contribution < -0.4 is 11.3 Å². The maximum atomic E-state index is 5.66. The number of benzene rings is 1. The number of hydrazine groups is 1. The Kier molecular flexibility index (Phi) is 4.62. The van der Waals surface area contributed by atoms with Gasteiger partial charge in [0.15, 0.2) is 0 Å². The average Bonchev–Trinajstić information content (AvgIpc) is 2.34. The summed E-state index contributed by atoms with van der Waals surface area (Å²) in [5, 5.41) is 0. The van der Waals surface area contributed by atoms with Crippen molar-refractivity contribution in [2.24, 2.45) is 5.84 Å². The van der Waals surface area contributed by atoms with Gasteiger partial charge >= 0.3 is 0 Å². The minimum absolute atomic E-state index is 0.00206. The minimum Gasteiger partial charge on any atom is -0.501 e. The molecule has 0 saturated heterocycles. The molecule has 17 heavy (non-hydrogen) atoms. The lowest BCUT2D eigenvalue weighted by Gasteiger charge is -2.23. The van der Waals surface area contributed by atoms with E-state index in [9.17, 15) is 0 Å². The standard InChI is InChI=1S/C12H14Br2N2O/c13-9-3-4-10(11(14)6-9)12(16-15)8-2-1-5-17-7-8/h3-4,6-7,12,16H,1-2,5,15H2. The maximum absolute atomic E-state index is 5.66. The number of hydrogen-bond acceptors (Lipinski definition) is 3. The van der Waals surface area contributed by atoms with Gasteiger partial charge in [-0.2, -0.15) is 0 Å². The highest BCUT2D eigenvalue weighted by molar-refractivity contribution is 9.11. The van der Waals surface area contributed by atoms with Gasteiger partial charge in [0.05, 0.1) is 18.9 Å². The molecule has 3 nitrogen and oxygen atoms in total. The summed E-state index contributed by atoms with van der Waals surface area (Å²) in [5.41, 5.74) is 5.15. The third-order valence-corrected chi connectivity index (χ3v) is 3.95. The molecule has 0 saturated carbocycles. The molecule has 92 valence electrons. The van der Waals surface area contributed by atoms with E-state index in [1.165, 1.54) is 5.57 Å². The van der Waals surface area contributed by atoms with Crippen LogP contribution in [0.2, 0.25) is 0 Å². The van der Waals surface area contributed by atoms with Gasteiger partial charge in [0.25, 0.3) is 0 Å². The van der Waals surface area contributed by atoms with Gasteiger partial charge in [-0.3, -0.25) is 5.84 Å². The van der Waals surface area contributed by atoms with Crippen molar-refractivity contribution in [2.45, 2.75) is 18.9 Å². The largest absolute Gasteiger partial charge is 0.501 e. The summed E-state index contributed by atoms with van der Waals surface area (Å²) in [5.74, 6) is 5.66. The fourth-order valence-corrected chi connectivity index (χ4v) is 3.21. The summed E-state index contributed by atoms with van der Waals surface area (Å²) >= 11 is 7.00. The van der Waals surface area contributed by atoms with Crippen molar-refractivity contribution >= 4 is 31.9 Å². The van der Waals surface area contributed by atoms with E-state index in [2.05, 4.69) is 37.3 Å². The first-order valence-corrected chi connectivity index (χ1v) is 7.02. The quantitative estimate of drug-likeness (QED) is 0.640. The van der Waals surface area contributed by atoms with Crippen molar-refractivity contribution in [1.82, 2.24) is 5.43 Å². The van der Waals surface area contributed by atoms with E-state index in [1.54, 1.807) is 0 Å². The highest BCUT2D eigenvalue weighted by Crippen LogP contribution is 2.33. The lowest BCUT2D eigenvalue weighted by Crippen LogP contribution is -2.30. The molecule has 1 unspecified atom stereocenters. The zero-order valence-electron chi connectivity index (χ0n) is 9.25. The van der Waals surface area contributed by atoms with Crippen molar-refractivity contribution in [3.63, 3.8) is 0 Å². The summed E-state index contributed by atoms with van der Waals surface area (Å²) in [6, 6.07) is 6.07. The number of nitrogens with one attached hydrogen (secondary N) is 1. The van der Waals surface area contributed by atoms with Gasteiger partial charge < -0.3 is 4.74 Å². The van der Waals surface area contributed by atoms with Gasteiger partial charge in [-0.25, -0.2) is 5.43 Å². The van der Waals surface area contributed by atoms with Crippen LogP contribution in [0.25, 0.3) is 0 Å². The minimum atomic E-state index is -0.00206. The molecule has 1 aromatic carbocycles. The topological polar surface area (TPSA) is 47.3 Å². The number of nitrogens with two attached hydrogens (primary N) is 1. The van der Waals surface area contributed by atoms with Crippen molar-refractivity contribution in [3.8, 4) is 0 Å². The normalized spacial score (nSPS) is 17.2. The van der Waals surface area contributed by atoms with E-state index in [0.29, 0.717) is 0 Å². The van der Waals surface area contributed by atoms with Crippen LogP contribution >= 0.6 is 31.9 Å². The lowest BCUT2D eigenvalue weighted by atomic mass is 9.96. The molecule has 1 aliphatic rings. The second-order valence-electron chi connectivity index (χ2n) is 3.93. The Bertz CT molecular complexity index is 435. The number of rotatable bonds is 3. The van der Waals surface area contributed by atoms with Crippen molar-refractivity contribution in [3.05, 3.63) is 44.5 Å². The Morgan fingerprint density at radius 3 is 2.76 bits per heavy atom. The molecule has 0 bridgehead atoms. The molecule has 1 aliphatic heterocycles. The molecule has 5 heteroatoms. The fraction of sp³-hybridized carbons (Fsp3) is 0.333. The van der Waals surface area contributed by atoms with Gasteiger partial charge in [-0.1, -0.05) is 37.9 Å². The van der Waals surface area contributed by atoms with Crippen LogP contribution in [0.5, 0.6) is 0 Å². The third-order valence-electron chi connectivity index (χ3n) is 2.77. The van der Waals surface area contributed by atoms with Crippen LogP contribution in [0.1, 0.15) is 24.4 Å². The molecule has 2 rings (SSSR count). The molecule has 1 atom stereocenters. The van der Waals surface area contributed by atoms with Crippen molar-refractivity contribution < 1.29 is 4.74 Å². The van der Waals surface area contributed by atoms with Gasteiger partial charge in [0.1, 0.15) is 0 Å². The van der Waals surface area contributed by atoms with Gasteiger partial charge in [0.2, 0.25) is 0 Å². The summed E-state index contributed by atoms with van der Waals surface area (Å²) in [7, 11) is 0. The summed E-state index contributed by atoms with van der Waals surface area (Å²) in [6.45, 7) is 0.794. The Morgan fingerprint density at radius 2 is 2.18 bits per heavy atom. The van der Waals surface area contributed by atoms with Gasteiger partial charge in [-0.15, -0.1) is 0 Å².